The van der Waals surface area contributed by atoms with Crippen molar-refractivity contribution in [3.05, 3.63) is 18.3 Å². The molecule has 2 N–H and O–H groups in total. The molecule has 1 aliphatic rings. The minimum Gasteiger partial charge on any atom is -0.369 e. The molecule has 0 radical (unpaired) electrons. The van der Waals surface area contributed by atoms with Crippen molar-refractivity contribution in [3.8, 4) is 0 Å². The minimum atomic E-state index is 0.500. The molecule has 2 aromatic heterocycles. The maximum absolute atomic E-state index is 5.92. The van der Waals surface area contributed by atoms with Crippen molar-refractivity contribution in [2.45, 2.75) is 25.8 Å². The minimum absolute atomic E-state index is 0.500. The molecule has 1 fully saturated rings. The summed E-state index contributed by atoms with van der Waals surface area (Å²) in [5, 5.41) is 0. The molecule has 1 saturated carbocycles. The van der Waals surface area contributed by atoms with E-state index in [0.29, 0.717) is 12.0 Å². The van der Waals surface area contributed by atoms with Crippen LogP contribution in [0.2, 0.25) is 0 Å². The Morgan fingerprint density at radius 2 is 2.27 bits per heavy atom. The summed E-state index contributed by atoms with van der Waals surface area (Å²) in [4.78, 5) is 8.67. The molecule has 4 heteroatoms. The molecule has 0 aromatic carbocycles. The number of nitrogen functional groups attached to an aromatic ring is 1. The molecule has 0 amide bonds. The van der Waals surface area contributed by atoms with Crippen LogP contribution < -0.4 is 5.73 Å². The summed E-state index contributed by atoms with van der Waals surface area (Å²) < 4.78 is 2.08. The summed E-state index contributed by atoms with van der Waals surface area (Å²) in [6, 6.07) is 4.35. The van der Waals surface area contributed by atoms with Gasteiger partial charge in [0, 0.05) is 12.2 Å². The fourth-order valence-electron chi connectivity index (χ4n) is 2.38. The van der Waals surface area contributed by atoms with Crippen LogP contribution in [-0.4, -0.2) is 14.5 Å². The Hall–Kier alpha value is -1.58. The first kappa shape index (κ1) is 8.71. The lowest BCUT2D eigenvalue weighted by molar-refractivity contribution is 0.222. The topological polar surface area (TPSA) is 56.7 Å². The standard InChI is InChI=1S/C11H14N4/c1-7-5-8(6-7)15-10-9(14-11(15)12)3-2-4-13-10/h2-4,7-8H,5-6H2,1H3,(H2,12,14). The summed E-state index contributed by atoms with van der Waals surface area (Å²) in [6.07, 6.45) is 4.17. The van der Waals surface area contributed by atoms with Crippen LogP contribution in [0.25, 0.3) is 11.2 Å². The molecule has 2 heterocycles. The summed E-state index contributed by atoms with van der Waals surface area (Å²) in [5.41, 5.74) is 7.74. The smallest absolute Gasteiger partial charge is 0.202 e. The van der Waals surface area contributed by atoms with Gasteiger partial charge in [0.25, 0.3) is 0 Å². The number of fused-ring (bicyclic) bond motifs is 1. The molecule has 0 aliphatic heterocycles. The first-order valence-corrected chi connectivity index (χ1v) is 5.34. The monoisotopic (exact) mass is 202 g/mol. The molecular formula is C11H14N4. The van der Waals surface area contributed by atoms with Crippen LogP contribution in [0.3, 0.4) is 0 Å². The van der Waals surface area contributed by atoms with Crippen LogP contribution in [0.1, 0.15) is 25.8 Å². The Balaban J connectivity index is 2.12. The highest BCUT2D eigenvalue weighted by molar-refractivity contribution is 5.74. The Morgan fingerprint density at radius 3 is 3.00 bits per heavy atom. The van der Waals surface area contributed by atoms with E-state index in [1.807, 2.05) is 12.1 Å². The number of anilines is 1. The molecular weight excluding hydrogens is 188 g/mol. The Labute approximate surface area is 88.1 Å². The van der Waals surface area contributed by atoms with Crippen molar-refractivity contribution < 1.29 is 0 Å². The first-order valence-electron chi connectivity index (χ1n) is 5.34. The Morgan fingerprint density at radius 1 is 1.47 bits per heavy atom. The second-order valence-corrected chi connectivity index (χ2v) is 4.42. The van der Waals surface area contributed by atoms with Crippen molar-refractivity contribution in [2.75, 3.05) is 5.73 Å². The van der Waals surface area contributed by atoms with E-state index in [-0.39, 0.29) is 0 Å². The van der Waals surface area contributed by atoms with Gasteiger partial charge in [-0.3, -0.25) is 4.57 Å². The highest BCUT2D eigenvalue weighted by Crippen LogP contribution is 2.39. The van der Waals surface area contributed by atoms with Gasteiger partial charge < -0.3 is 5.73 Å². The maximum Gasteiger partial charge on any atom is 0.202 e. The second kappa shape index (κ2) is 2.95. The van der Waals surface area contributed by atoms with Gasteiger partial charge in [-0.1, -0.05) is 6.92 Å². The van der Waals surface area contributed by atoms with Gasteiger partial charge in [0.2, 0.25) is 5.95 Å². The molecule has 15 heavy (non-hydrogen) atoms. The van der Waals surface area contributed by atoms with Gasteiger partial charge in [-0.25, -0.2) is 9.97 Å². The zero-order chi connectivity index (χ0) is 10.4. The zero-order valence-electron chi connectivity index (χ0n) is 8.72. The van der Waals surface area contributed by atoms with E-state index in [4.69, 9.17) is 5.73 Å². The molecule has 0 saturated heterocycles. The quantitative estimate of drug-likeness (QED) is 0.769. The highest BCUT2D eigenvalue weighted by atomic mass is 15.2. The third-order valence-electron chi connectivity index (χ3n) is 3.19. The summed E-state index contributed by atoms with van der Waals surface area (Å²) in [7, 11) is 0. The molecule has 4 nitrogen and oxygen atoms in total. The van der Waals surface area contributed by atoms with Crippen molar-refractivity contribution in [1.29, 1.82) is 0 Å². The SMILES string of the molecule is CC1CC(n2c(N)nc3cccnc32)C1. The normalized spacial score (nSPS) is 25.4. The molecule has 2 aromatic rings. The van der Waals surface area contributed by atoms with Gasteiger partial charge in [0.15, 0.2) is 5.65 Å². The van der Waals surface area contributed by atoms with Crippen LogP contribution >= 0.6 is 0 Å². The highest BCUT2D eigenvalue weighted by Gasteiger charge is 2.29. The van der Waals surface area contributed by atoms with Crippen LogP contribution in [0.5, 0.6) is 0 Å². The third kappa shape index (κ3) is 1.21. The molecule has 0 spiro atoms. The molecule has 1 aliphatic carbocycles. The van der Waals surface area contributed by atoms with E-state index >= 15 is 0 Å². The van der Waals surface area contributed by atoms with Gasteiger partial charge >= 0.3 is 0 Å². The molecule has 3 rings (SSSR count). The van der Waals surface area contributed by atoms with Crippen LogP contribution in [0.15, 0.2) is 18.3 Å². The molecule has 78 valence electrons. The molecule has 0 bridgehead atoms. The molecule has 0 atom stereocenters. The largest absolute Gasteiger partial charge is 0.369 e. The third-order valence-corrected chi connectivity index (χ3v) is 3.19. The predicted molar refractivity (Wildman–Crippen MR) is 59.4 cm³/mol. The lowest BCUT2D eigenvalue weighted by Crippen LogP contribution is -2.25. The Kier molecular flexibility index (Phi) is 1.71. The average molecular weight is 202 g/mol. The van der Waals surface area contributed by atoms with Gasteiger partial charge in [0.05, 0.1) is 0 Å². The average Bonchev–Trinajstić information content (AvgIpc) is 2.49. The van der Waals surface area contributed by atoms with Crippen LogP contribution in [-0.2, 0) is 0 Å². The zero-order valence-corrected chi connectivity index (χ0v) is 8.72. The summed E-state index contributed by atoms with van der Waals surface area (Å²) in [6.45, 7) is 2.26. The van der Waals surface area contributed by atoms with Crippen molar-refractivity contribution in [3.63, 3.8) is 0 Å². The van der Waals surface area contributed by atoms with E-state index in [1.165, 1.54) is 12.8 Å². The summed E-state index contributed by atoms with van der Waals surface area (Å²) in [5.74, 6) is 1.40. The van der Waals surface area contributed by atoms with Crippen molar-refractivity contribution >= 4 is 17.1 Å². The van der Waals surface area contributed by atoms with E-state index in [2.05, 4.69) is 21.5 Å². The van der Waals surface area contributed by atoms with E-state index in [0.717, 1.165) is 17.1 Å². The number of imidazole rings is 1. The van der Waals surface area contributed by atoms with E-state index < -0.39 is 0 Å². The van der Waals surface area contributed by atoms with Crippen LogP contribution in [0, 0.1) is 5.92 Å². The van der Waals surface area contributed by atoms with Gasteiger partial charge in [0.1, 0.15) is 5.52 Å². The molecule has 0 unspecified atom stereocenters. The van der Waals surface area contributed by atoms with E-state index in [1.54, 1.807) is 6.20 Å². The number of nitrogens with two attached hydrogens (primary N) is 1. The number of rotatable bonds is 1. The number of hydrogen-bond donors (Lipinski definition) is 1. The van der Waals surface area contributed by atoms with Crippen molar-refractivity contribution in [2.24, 2.45) is 5.92 Å². The number of pyridine rings is 1. The number of hydrogen-bond acceptors (Lipinski definition) is 3. The van der Waals surface area contributed by atoms with E-state index in [9.17, 15) is 0 Å². The lowest BCUT2D eigenvalue weighted by atomic mass is 9.82. The van der Waals surface area contributed by atoms with Gasteiger partial charge in [-0.15, -0.1) is 0 Å². The Bertz CT molecular complexity index is 496. The van der Waals surface area contributed by atoms with Crippen molar-refractivity contribution in [1.82, 2.24) is 14.5 Å². The maximum atomic E-state index is 5.92. The number of aromatic nitrogens is 3. The predicted octanol–water partition coefficient (Wildman–Crippen LogP) is 1.98. The fourth-order valence-corrected chi connectivity index (χ4v) is 2.38. The second-order valence-electron chi connectivity index (χ2n) is 4.42. The van der Waals surface area contributed by atoms with Crippen LogP contribution in [0.4, 0.5) is 5.95 Å². The number of nitrogens with zero attached hydrogens (tertiary/aromatic N) is 3. The van der Waals surface area contributed by atoms with Gasteiger partial charge in [-0.2, -0.15) is 0 Å². The fraction of sp³-hybridized carbons (Fsp3) is 0.455. The summed E-state index contributed by atoms with van der Waals surface area (Å²) >= 11 is 0. The lowest BCUT2D eigenvalue weighted by Gasteiger charge is -2.34. The van der Waals surface area contributed by atoms with Gasteiger partial charge in [-0.05, 0) is 30.9 Å². The first-order chi connectivity index (χ1) is 7.25.